The van der Waals surface area contributed by atoms with E-state index >= 15 is 0 Å². The van der Waals surface area contributed by atoms with Gasteiger partial charge in [0.25, 0.3) is 5.91 Å². The second kappa shape index (κ2) is 15.2. The number of esters is 1. The van der Waals surface area contributed by atoms with Crippen molar-refractivity contribution >= 4 is 41.0 Å². The fraction of sp³-hybridized carbons (Fsp3) is 0.364. The highest BCUT2D eigenvalue weighted by Gasteiger charge is 2.54. The smallest absolute Gasteiger partial charge is 0.306 e. The number of amides is 1. The van der Waals surface area contributed by atoms with E-state index < -0.39 is 40.8 Å². The Bertz CT molecular complexity index is 1560. The Hall–Kier alpha value is -3.77. The summed E-state index contributed by atoms with van der Waals surface area (Å²) in [4.78, 5) is 31.8. The molecule has 1 aliphatic heterocycles. The molecule has 0 spiro atoms. The monoisotopic (exact) mass is 677 g/mol. The molecule has 2 atom stereocenters. The van der Waals surface area contributed by atoms with Crippen LogP contribution in [0.1, 0.15) is 62.8 Å². The van der Waals surface area contributed by atoms with Gasteiger partial charge >= 0.3 is 5.97 Å². The Morgan fingerprint density at radius 3 is 2.37 bits per heavy atom. The lowest BCUT2D eigenvalue weighted by atomic mass is 9.83. The van der Waals surface area contributed by atoms with Crippen LogP contribution in [-0.4, -0.2) is 47.2 Å². The molecule has 46 heavy (non-hydrogen) atoms. The topological polar surface area (TPSA) is 118 Å². The van der Waals surface area contributed by atoms with Crippen LogP contribution in [0.5, 0.6) is 5.75 Å². The highest BCUT2D eigenvalue weighted by Crippen LogP contribution is 2.45. The second-order valence-corrected chi connectivity index (χ2v) is 12.5. The van der Waals surface area contributed by atoms with Crippen molar-refractivity contribution in [3.63, 3.8) is 0 Å². The number of carbonyl (C=O) groups excluding carboxylic acids is 2. The standard InChI is InChI=1S/C33H35Cl2F2N3O6/c1-32(2,3)46-28(42)11-12-33(31(43)40-38-19-20-15-23(36)18-24(37)16-20)29(26-10-7-22(34)17-27(26)35)45-30(39-33)21-5-8-25(9-6-21)44-14-4-13-41/h5-10,15-18,29,38,41H,4,11-14,19H2,1-3H3,(H,40,43)/t29-,33-/m0/s1. The third-order valence-corrected chi connectivity index (χ3v) is 7.38. The van der Waals surface area contributed by atoms with Gasteiger partial charge in [-0.2, -0.15) is 0 Å². The molecule has 13 heteroatoms. The molecule has 0 aromatic heterocycles. The van der Waals surface area contributed by atoms with E-state index in [4.69, 9.17) is 47.5 Å². The lowest BCUT2D eigenvalue weighted by Crippen LogP contribution is -2.52. The highest BCUT2D eigenvalue weighted by atomic mass is 35.5. The number of nitrogens with zero attached hydrogens (tertiary/aromatic N) is 1. The van der Waals surface area contributed by atoms with Gasteiger partial charge in [0.15, 0.2) is 11.6 Å². The third kappa shape index (κ3) is 9.16. The van der Waals surface area contributed by atoms with Gasteiger partial charge in [-0.15, -0.1) is 0 Å². The summed E-state index contributed by atoms with van der Waals surface area (Å²) in [6.07, 6.45) is -1.01. The molecule has 9 nitrogen and oxygen atoms in total. The van der Waals surface area contributed by atoms with Gasteiger partial charge in [0.1, 0.15) is 23.0 Å². The molecule has 0 fully saturated rings. The number of hydrogen-bond acceptors (Lipinski definition) is 8. The predicted molar refractivity (Wildman–Crippen MR) is 170 cm³/mol. The zero-order valence-electron chi connectivity index (χ0n) is 25.5. The fourth-order valence-electron chi connectivity index (χ4n) is 4.79. The van der Waals surface area contributed by atoms with Crippen LogP contribution < -0.4 is 15.6 Å². The van der Waals surface area contributed by atoms with Gasteiger partial charge in [0.2, 0.25) is 5.90 Å². The van der Waals surface area contributed by atoms with Gasteiger partial charge in [-0.05, 0) is 81.3 Å². The maximum Gasteiger partial charge on any atom is 0.306 e. The fourth-order valence-corrected chi connectivity index (χ4v) is 5.30. The van der Waals surface area contributed by atoms with Gasteiger partial charge in [-0.25, -0.2) is 19.2 Å². The van der Waals surface area contributed by atoms with Crippen molar-refractivity contribution in [1.82, 2.24) is 10.9 Å². The summed E-state index contributed by atoms with van der Waals surface area (Å²) < 4.78 is 45.0. The van der Waals surface area contributed by atoms with Crippen molar-refractivity contribution in [2.45, 2.75) is 63.8 Å². The van der Waals surface area contributed by atoms with Crippen molar-refractivity contribution < 1.29 is 37.7 Å². The lowest BCUT2D eigenvalue weighted by molar-refractivity contribution is -0.155. The molecule has 3 aromatic rings. The Morgan fingerprint density at radius 1 is 1.04 bits per heavy atom. The van der Waals surface area contributed by atoms with E-state index in [1.54, 1.807) is 57.2 Å². The van der Waals surface area contributed by atoms with Crippen LogP contribution in [0.2, 0.25) is 10.0 Å². The molecule has 0 saturated heterocycles. The summed E-state index contributed by atoms with van der Waals surface area (Å²) >= 11 is 12.8. The molecule has 0 saturated carbocycles. The van der Waals surface area contributed by atoms with Crippen LogP contribution in [-0.2, 0) is 25.6 Å². The van der Waals surface area contributed by atoms with Gasteiger partial charge in [0, 0.05) is 53.2 Å². The first-order chi connectivity index (χ1) is 21.8. The van der Waals surface area contributed by atoms with E-state index in [2.05, 4.69) is 10.9 Å². The van der Waals surface area contributed by atoms with E-state index in [1.807, 2.05) is 0 Å². The van der Waals surface area contributed by atoms with Crippen molar-refractivity contribution in [1.29, 1.82) is 0 Å². The Labute approximate surface area is 275 Å². The number of hydrazine groups is 1. The minimum atomic E-state index is -1.76. The van der Waals surface area contributed by atoms with E-state index in [0.29, 0.717) is 34.9 Å². The quantitative estimate of drug-likeness (QED) is 0.111. The summed E-state index contributed by atoms with van der Waals surface area (Å²) in [5.41, 5.74) is 3.90. The molecule has 0 radical (unpaired) electrons. The number of aliphatic hydroxyl groups excluding tert-OH is 1. The number of nitrogens with one attached hydrogen (secondary N) is 2. The zero-order valence-corrected chi connectivity index (χ0v) is 27.1. The summed E-state index contributed by atoms with van der Waals surface area (Å²) in [6.45, 7) is 5.40. The molecule has 1 aliphatic rings. The first-order valence-electron chi connectivity index (χ1n) is 14.6. The van der Waals surface area contributed by atoms with Gasteiger partial charge in [0.05, 0.1) is 6.61 Å². The predicted octanol–water partition coefficient (Wildman–Crippen LogP) is 6.23. The Kier molecular flexibility index (Phi) is 11.6. The van der Waals surface area contributed by atoms with Gasteiger partial charge in [-0.1, -0.05) is 29.3 Å². The number of hydrogen-bond donors (Lipinski definition) is 3. The molecule has 0 bridgehead atoms. The summed E-state index contributed by atoms with van der Waals surface area (Å²) in [7, 11) is 0. The highest BCUT2D eigenvalue weighted by molar-refractivity contribution is 6.35. The first-order valence-corrected chi connectivity index (χ1v) is 15.3. The zero-order chi connectivity index (χ0) is 33.5. The molecule has 1 heterocycles. The van der Waals surface area contributed by atoms with E-state index in [1.165, 1.54) is 6.07 Å². The van der Waals surface area contributed by atoms with E-state index in [9.17, 15) is 18.4 Å². The second-order valence-electron chi connectivity index (χ2n) is 11.6. The number of benzene rings is 3. The van der Waals surface area contributed by atoms with Crippen molar-refractivity contribution in [3.8, 4) is 5.75 Å². The van der Waals surface area contributed by atoms with Crippen LogP contribution in [0.25, 0.3) is 0 Å². The number of carbonyl (C=O) groups is 2. The average Bonchev–Trinajstić information content (AvgIpc) is 3.36. The van der Waals surface area contributed by atoms with E-state index in [-0.39, 0.29) is 42.5 Å². The van der Waals surface area contributed by atoms with Crippen molar-refractivity contribution in [2.75, 3.05) is 13.2 Å². The lowest BCUT2D eigenvalue weighted by Gasteiger charge is -2.31. The van der Waals surface area contributed by atoms with Crippen LogP contribution in [0, 0.1) is 11.6 Å². The third-order valence-electron chi connectivity index (χ3n) is 6.82. The normalized spacial score (nSPS) is 17.7. The molecule has 4 rings (SSSR count). The summed E-state index contributed by atoms with van der Waals surface area (Å²) in [5.74, 6) is -2.13. The molecule has 3 aromatic carbocycles. The van der Waals surface area contributed by atoms with Crippen LogP contribution in [0.3, 0.4) is 0 Å². The molecule has 246 valence electrons. The first kappa shape index (κ1) is 35.1. The number of ether oxygens (including phenoxy) is 3. The van der Waals surface area contributed by atoms with Gasteiger partial charge < -0.3 is 19.3 Å². The maximum absolute atomic E-state index is 14.2. The van der Waals surface area contributed by atoms with Crippen LogP contribution in [0.15, 0.2) is 65.7 Å². The average molecular weight is 679 g/mol. The Balaban J connectivity index is 1.71. The molecule has 3 N–H and O–H groups in total. The number of aliphatic imine (C=N–C) groups is 1. The minimum Gasteiger partial charge on any atom is -0.494 e. The number of aliphatic hydroxyl groups is 1. The SMILES string of the molecule is CC(C)(C)OC(=O)CC[C@]1(C(=O)NNCc2cc(F)cc(F)c2)N=C(c2ccc(OCCCO)cc2)O[C@H]1c1ccc(Cl)cc1Cl. The van der Waals surface area contributed by atoms with E-state index in [0.717, 1.165) is 18.2 Å². The van der Waals surface area contributed by atoms with Crippen LogP contribution >= 0.6 is 23.2 Å². The molecule has 1 amide bonds. The maximum atomic E-state index is 14.2. The molecular weight excluding hydrogens is 643 g/mol. The summed E-state index contributed by atoms with van der Waals surface area (Å²) in [5, 5.41) is 9.59. The van der Waals surface area contributed by atoms with Gasteiger partial charge in [-0.3, -0.25) is 15.0 Å². The van der Waals surface area contributed by atoms with Crippen molar-refractivity contribution in [2.24, 2.45) is 4.99 Å². The number of rotatable bonds is 13. The molecule has 0 unspecified atom stereocenters. The number of halogens is 4. The minimum absolute atomic E-state index is 0.00119. The summed E-state index contributed by atoms with van der Waals surface area (Å²) in [6, 6.07) is 14.5. The largest absolute Gasteiger partial charge is 0.494 e. The molecule has 0 aliphatic carbocycles. The Morgan fingerprint density at radius 2 is 1.74 bits per heavy atom. The van der Waals surface area contributed by atoms with Crippen LogP contribution in [0.4, 0.5) is 8.78 Å². The van der Waals surface area contributed by atoms with Crippen molar-refractivity contribution in [3.05, 3.63) is 99.0 Å². The molecular formula is C33H35Cl2F2N3O6.